The number of para-hydroxylation sites is 2. The summed E-state index contributed by atoms with van der Waals surface area (Å²) in [5.74, 6) is 0.542. The number of nitrogens with two attached hydrogens (primary N) is 1. The number of imidazole rings is 1. The third-order valence-electron chi connectivity index (χ3n) is 5.10. The Morgan fingerprint density at radius 3 is 2.77 bits per heavy atom. The number of nitrogens with zero attached hydrogens (tertiary/aromatic N) is 3. The lowest BCUT2D eigenvalue weighted by Crippen LogP contribution is -2.52. The molecule has 7 nitrogen and oxygen atoms in total. The molecule has 2 aromatic rings. The summed E-state index contributed by atoms with van der Waals surface area (Å²) in [6.07, 6.45) is 3.21. The number of hydrogen-bond acceptors (Lipinski definition) is 5. The summed E-state index contributed by atoms with van der Waals surface area (Å²) in [4.78, 5) is 19.3. The molecule has 0 radical (unpaired) electrons. The second-order valence-electron chi connectivity index (χ2n) is 7.18. The summed E-state index contributed by atoms with van der Waals surface area (Å²) >= 11 is 0. The number of piperidine rings is 1. The van der Waals surface area contributed by atoms with Gasteiger partial charge in [-0.05, 0) is 30.9 Å². The Morgan fingerprint density at radius 1 is 1.35 bits per heavy atom. The molecule has 1 aromatic heterocycles. The fraction of sp³-hybridized carbons (Fsp3) is 0.556. The van der Waals surface area contributed by atoms with E-state index in [0.29, 0.717) is 30.3 Å². The first-order valence-corrected chi connectivity index (χ1v) is 11.0. The van der Waals surface area contributed by atoms with E-state index in [2.05, 4.69) is 11.9 Å². The Bertz CT molecular complexity index is 906. The van der Waals surface area contributed by atoms with Crippen LogP contribution in [0.5, 0.6) is 0 Å². The van der Waals surface area contributed by atoms with Gasteiger partial charge in [-0.25, -0.2) is 13.4 Å². The highest BCUT2D eigenvalue weighted by Crippen LogP contribution is 2.24. The van der Waals surface area contributed by atoms with E-state index in [0.717, 1.165) is 18.4 Å². The molecule has 3 rings (SSSR count). The molecule has 0 saturated carbocycles. The predicted octanol–water partition coefficient (Wildman–Crippen LogP) is 1.17. The standard InChI is InChI=1S/C18H26N4O3S/c1-13-6-5-9-21(16(13)10-19)18(23)11-22-15-8-4-3-7-14(15)20-17(22)12-26(2,24)25/h3-4,7-8,13,16H,5-6,9-12,19H2,1-2H3/t13-,16-/m1/s1. The average molecular weight is 378 g/mol. The molecule has 2 heterocycles. The molecule has 0 spiro atoms. The zero-order chi connectivity index (χ0) is 18.9. The maximum atomic E-state index is 13.0. The maximum absolute atomic E-state index is 13.0. The molecular weight excluding hydrogens is 352 g/mol. The molecule has 1 amide bonds. The monoisotopic (exact) mass is 378 g/mol. The first-order chi connectivity index (χ1) is 12.3. The Hall–Kier alpha value is -1.93. The van der Waals surface area contributed by atoms with Crippen LogP contribution in [0.4, 0.5) is 0 Å². The number of hydrogen-bond donors (Lipinski definition) is 1. The van der Waals surface area contributed by atoms with Gasteiger partial charge in [-0.15, -0.1) is 0 Å². The topological polar surface area (TPSA) is 98.3 Å². The minimum absolute atomic E-state index is 0.0318. The Morgan fingerprint density at radius 2 is 2.08 bits per heavy atom. The summed E-state index contributed by atoms with van der Waals surface area (Å²) in [7, 11) is -3.26. The van der Waals surface area contributed by atoms with E-state index in [1.165, 1.54) is 6.26 Å². The van der Waals surface area contributed by atoms with Crippen molar-refractivity contribution in [2.24, 2.45) is 11.7 Å². The van der Waals surface area contributed by atoms with Gasteiger partial charge in [-0.3, -0.25) is 4.79 Å². The van der Waals surface area contributed by atoms with E-state index < -0.39 is 9.84 Å². The molecule has 1 aliphatic heterocycles. The van der Waals surface area contributed by atoms with Crippen LogP contribution >= 0.6 is 0 Å². The van der Waals surface area contributed by atoms with Gasteiger partial charge in [0, 0.05) is 25.4 Å². The molecular formula is C18H26N4O3S. The smallest absolute Gasteiger partial charge is 0.242 e. The van der Waals surface area contributed by atoms with Crippen molar-refractivity contribution in [2.45, 2.75) is 38.1 Å². The van der Waals surface area contributed by atoms with Crippen LogP contribution in [0.2, 0.25) is 0 Å². The van der Waals surface area contributed by atoms with E-state index in [1.54, 1.807) is 4.57 Å². The largest absolute Gasteiger partial charge is 0.337 e. The summed E-state index contributed by atoms with van der Waals surface area (Å²) in [5, 5.41) is 0. The molecule has 8 heteroatoms. The van der Waals surface area contributed by atoms with Gasteiger partial charge < -0.3 is 15.2 Å². The van der Waals surface area contributed by atoms with Crippen LogP contribution < -0.4 is 5.73 Å². The van der Waals surface area contributed by atoms with Gasteiger partial charge in [0.25, 0.3) is 0 Å². The third kappa shape index (κ3) is 3.91. The van der Waals surface area contributed by atoms with Crippen LogP contribution in [0, 0.1) is 5.92 Å². The second kappa shape index (κ2) is 7.36. The summed E-state index contributed by atoms with van der Waals surface area (Å²) in [6, 6.07) is 7.43. The second-order valence-corrected chi connectivity index (χ2v) is 9.32. The van der Waals surface area contributed by atoms with Crippen LogP contribution in [0.25, 0.3) is 11.0 Å². The van der Waals surface area contributed by atoms with Gasteiger partial charge in [0.2, 0.25) is 5.91 Å². The number of fused-ring (bicyclic) bond motifs is 1. The lowest BCUT2D eigenvalue weighted by molar-refractivity contribution is -0.136. The zero-order valence-corrected chi connectivity index (χ0v) is 16.1. The van der Waals surface area contributed by atoms with Gasteiger partial charge in [0.15, 0.2) is 9.84 Å². The lowest BCUT2D eigenvalue weighted by Gasteiger charge is -2.39. The predicted molar refractivity (Wildman–Crippen MR) is 101 cm³/mol. The number of carbonyl (C=O) groups is 1. The van der Waals surface area contributed by atoms with Crippen LogP contribution in [-0.2, 0) is 26.9 Å². The van der Waals surface area contributed by atoms with Crippen molar-refractivity contribution in [2.75, 3.05) is 19.3 Å². The highest BCUT2D eigenvalue weighted by Gasteiger charge is 2.31. The fourth-order valence-corrected chi connectivity index (χ4v) is 4.48. The minimum Gasteiger partial charge on any atom is -0.337 e. The zero-order valence-electron chi connectivity index (χ0n) is 15.3. The van der Waals surface area contributed by atoms with Crippen molar-refractivity contribution < 1.29 is 13.2 Å². The average Bonchev–Trinajstić information content (AvgIpc) is 2.90. The summed E-state index contributed by atoms with van der Waals surface area (Å²) in [5.41, 5.74) is 7.37. The van der Waals surface area contributed by atoms with Gasteiger partial charge in [0.05, 0.1) is 11.0 Å². The molecule has 0 bridgehead atoms. The fourth-order valence-electron chi connectivity index (χ4n) is 3.79. The summed E-state index contributed by atoms with van der Waals surface area (Å²) in [6.45, 7) is 3.33. The highest BCUT2D eigenvalue weighted by atomic mass is 32.2. The third-order valence-corrected chi connectivity index (χ3v) is 5.88. The van der Waals surface area contributed by atoms with E-state index in [1.807, 2.05) is 29.2 Å². The number of likely N-dealkylation sites (tertiary alicyclic amines) is 1. The van der Waals surface area contributed by atoms with Crippen LogP contribution in [0.3, 0.4) is 0 Å². The molecule has 1 fully saturated rings. The van der Waals surface area contributed by atoms with Crippen molar-refractivity contribution in [3.8, 4) is 0 Å². The van der Waals surface area contributed by atoms with E-state index in [-0.39, 0.29) is 24.2 Å². The number of rotatable bonds is 5. The lowest BCUT2D eigenvalue weighted by atomic mass is 9.91. The van der Waals surface area contributed by atoms with Crippen LogP contribution in [0.15, 0.2) is 24.3 Å². The number of sulfone groups is 1. The summed E-state index contributed by atoms with van der Waals surface area (Å²) < 4.78 is 25.3. The first-order valence-electron chi connectivity index (χ1n) is 8.91. The van der Waals surface area contributed by atoms with Crippen LogP contribution in [0.1, 0.15) is 25.6 Å². The molecule has 2 N–H and O–H groups in total. The number of amides is 1. The van der Waals surface area contributed by atoms with Gasteiger partial charge in [0.1, 0.15) is 18.1 Å². The molecule has 2 atom stereocenters. The van der Waals surface area contributed by atoms with Gasteiger partial charge >= 0.3 is 0 Å². The molecule has 0 unspecified atom stereocenters. The van der Waals surface area contributed by atoms with Crippen molar-refractivity contribution in [1.29, 1.82) is 0 Å². The van der Waals surface area contributed by atoms with Crippen molar-refractivity contribution >= 4 is 26.8 Å². The molecule has 26 heavy (non-hydrogen) atoms. The number of benzene rings is 1. The van der Waals surface area contributed by atoms with Crippen molar-refractivity contribution in [1.82, 2.24) is 14.5 Å². The Balaban J connectivity index is 1.94. The normalized spacial score (nSPS) is 21.3. The highest BCUT2D eigenvalue weighted by molar-refractivity contribution is 7.89. The number of aromatic nitrogens is 2. The molecule has 1 aromatic carbocycles. The van der Waals surface area contributed by atoms with Crippen LogP contribution in [-0.4, -0.2) is 54.2 Å². The first kappa shape index (κ1) is 18.8. The minimum atomic E-state index is -3.26. The van der Waals surface area contributed by atoms with E-state index in [4.69, 9.17) is 5.73 Å². The molecule has 142 valence electrons. The van der Waals surface area contributed by atoms with Crippen molar-refractivity contribution in [3.05, 3.63) is 30.1 Å². The van der Waals surface area contributed by atoms with E-state index >= 15 is 0 Å². The van der Waals surface area contributed by atoms with Crippen molar-refractivity contribution in [3.63, 3.8) is 0 Å². The Labute approximate surface area is 154 Å². The number of carbonyl (C=O) groups excluding carboxylic acids is 1. The quantitative estimate of drug-likeness (QED) is 0.842. The Kier molecular flexibility index (Phi) is 5.34. The maximum Gasteiger partial charge on any atom is 0.242 e. The van der Waals surface area contributed by atoms with E-state index in [9.17, 15) is 13.2 Å². The SMILES string of the molecule is C[C@@H]1CCCN(C(=O)Cn2c(CS(C)(=O)=O)nc3ccccc32)[C@@H]1CN. The molecule has 1 aliphatic rings. The van der Waals surface area contributed by atoms with Gasteiger partial charge in [-0.2, -0.15) is 0 Å². The molecule has 0 aliphatic carbocycles. The molecule has 1 saturated heterocycles. The van der Waals surface area contributed by atoms with Gasteiger partial charge in [-0.1, -0.05) is 19.1 Å².